The molecule has 0 radical (unpaired) electrons. The van der Waals surface area contributed by atoms with Gasteiger partial charge in [0.05, 0.1) is 11.0 Å². The third-order valence-corrected chi connectivity index (χ3v) is 4.11. The molecule has 0 aromatic heterocycles. The summed E-state index contributed by atoms with van der Waals surface area (Å²) in [6.07, 6.45) is 1.26. The summed E-state index contributed by atoms with van der Waals surface area (Å²) >= 11 is 0. The van der Waals surface area contributed by atoms with E-state index in [2.05, 4.69) is 0 Å². The monoisotopic (exact) mass is 269 g/mol. The fraction of sp³-hybridized carbons (Fsp3) is 0.417. The van der Waals surface area contributed by atoms with Crippen LogP contribution in [-0.2, 0) is 9.84 Å². The molecule has 18 heavy (non-hydrogen) atoms. The number of nitrogens with zero attached hydrogens (tertiary/aromatic N) is 1. The third-order valence-electron chi connectivity index (χ3n) is 2.98. The second-order valence-corrected chi connectivity index (χ2v) is 6.51. The van der Waals surface area contributed by atoms with Gasteiger partial charge in [-0.05, 0) is 30.7 Å². The van der Waals surface area contributed by atoms with Gasteiger partial charge in [0, 0.05) is 24.9 Å². The maximum atomic E-state index is 12.0. The van der Waals surface area contributed by atoms with Crippen LogP contribution in [0.2, 0.25) is 0 Å². The van der Waals surface area contributed by atoms with Crippen molar-refractivity contribution in [2.45, 2.75) is 17.4 Å². The molecule has 2 rings (SSSR count). The van der Waals surface area contributed by atoms with Crippen molar-refractivity contribution in [2.24, 2.45) is 0 Å². The summed E-state index contributed by atoms with van der Waals surface area (Å²) in [5.41, 5.74) is 0.441. The summed E-state index contributed by atoms with van der Waals surface area (Å²) in [6.45, 7) is 0.875. The molecule has 1 aliphatic rings. The minimum atomic E-state index is -3.24. The predicted octanol–water partition coefficient (Wildman–Crippen LogP) is 0.297. The van der Waals surface area contributed by atoms with E-state index in [1.807, 2.05) is 0 Å². The number of aliphatic hydroxyl groups is 1. The zero-order valence-corrected chi connectivity index (χ0v) is 10.9. The number of hydrogen-bond acceptors (Lipinski definition) is 4. The lowest BCUT2D eigenvalue weighted by Gasteiger charge is -2.15. The van der Waals surface area contributed by atoms with E-state index in [-0.39, 0.29) is 10.8 Å². The summed E-state index contributed by atoms with van der Waals surface area (Å²) in [5.74, 6) is -0.174. The maximum absolute atomic E-state index is 12.0. The van der Waals surface area contributed by atoms with Crippen LogP contribution in [0.15, 0.2) is 29.2 Å². The predicted molar refractivity (Wildman–Crippen MR) is 66.1 cm³/mol. The molecule has 1 fully saturated rings. The molecule has 5 nitrogen and oxygen atoms in total. The Balaban J connectivity index is 2.17. The van der Waals surface area contributed by atoms with Crippen molar-refractivity contribution in [1.29, 1.82) is 0 Å². The van der Waals surface area contributed by atoms with Crippen LogP contribution in [0.1, 0.15) is 16.8 Å². The highest BCUT2D eigenvalue weighted by molar-refractivity contribution is 7.90. The van der Waals surface area contributed by atoms with E-state index in [0.717, 1.165) is 6.26 Å². The number of β-amino-alcohol motifs (C(OH)–C–C–N with tert-alkyl or cyclic N) is 1. The Labute approximate surface area is 106 Å². The molecule has 6 heteroatoms. The molecule has 1 amide bonds. The Bertz CT molecular complexity index is 550. The normalized spacial score (nSPS) is 20.1. The van der Waals surface area contributed by atoms with Crippen LogP contribution >= 0.6 is 0 Å². The average molecular weight is 269 g/mol. The van der Waals surface area contributed by atoms with Crippen LogP contribution in [0, 0.1) is 0 Å². The highest BCUT2D eigenvalue weighted by Gasteiger charge is 2.25. The lowest BCUT2D eigenvalue weighted by atomic mass is 10.2. The first-order valence-electron chi connectivity index (χ1n) is 5.65. The van der Waals surface area contributed by atoms with Crippen molar-refractivity contribution < 1.29 is 18.3 Å². The number of rotatable bonds is 2. The van der Waals surface area contributed by atoms with Gasteiger partial charge in [0.15, 0.2) is 9.84 Å². The molecule has 0 saturated carbocycles. The van der Waals surface area contributed by atoms with Gasteiger partial charge in [0.1, 0.15) is 0 Å². The van der Waals surface area contributed by atoms with Crippen molar-refractivity contribution >= 4 is 15.7 Å². The van der Waals surface area contributed by atoms with Crippen LogP contribution < -0.4 is 0 Å². The first-order valence-corrected chi connectivity index (χ1v) is 7.54. The van der Waals surface area contributed by atoms with Gasteiger partial charge in [-0.2, -0.15) is 0 Å². The molecule has 0 bridgehead atoms. The maximum Gasteiger partial charge on any atom is 0.253 e. The quantitative estimate of drug-likeness (QED) is 0.837. The number of carbonyl (C=O) groups excluding carboxylic acids is 1. The lowest BCUT2D eigenvalue weighted by Crippen LogP contribution is -2.29. The molecule has 1 N–H and O–H groups in total. The smallest absolute Gasteiger partial charge is 0.253 e. The second kappa shape index (κ2) is 4.70. The largest absolute Gasteiger partial charge is 0.391 e. The van der Waals surface area contributed by atoms with Crippen molar-refractivity contribution in [1.82, 2.24) is 4.90 Å². The molecule has 1 unspecified atom stereocenters. The molecule has 98 valence electrons. The van der Waals surface area contributed by atoms with Crippen LogP contribution in [0.3, 0.4) is 0 Å². The number of benzene rings is 1. The van der Waals surface area contributed by atoms with Crippen molar-refractivity contribution in [3.8, 4) is 0 Å². The fourth-order valence-electron chi connectivity index (χ4n) is 1.95. The molecule has 0 spiro atoms. The summed E-state index contributed by atoms with van der Waals surface area (Å²) < 4.78 is 22.6. The Hall–Kier alpha value is -1.40. The molecule has 1 aliphatic heterocycles. The lowest BCUT2D eigenvalue weighted by molar-refractivity contribution is 0.0765. The minimum absolute atomic E-state index is 0.174. The van der Waals surface area contributed by atoms with Crippen molar-refractivity contribution in [3.63, 3.8) is 0 Å². The van der Waals surface area contributed by atoms with Gasteiger partial charge in [-0.25, -0.2) is 8.42 Å². The molecule has 1 heterocycles. The Morgan fingerprint density at radius 2 is 1.94 bits per heavy atom. The number of aliphatic hydroxyl groups excluding tert-OH is 1. The third kappa shape index (κ3) is 2.70. The topological polar surface area (TPSA) is 74.7 Å². The van der Waals surface area contributed by atoms with Gasteiger partial charge in [-0.1, -0.05) is 0 Å². The van der Waals surface area contributed by atoms with E-state index in [0.29, 0.717) is 25.1 Å². The van der Waals surface area contributed by atoms with Gasteiger partial charge in [-0.15, -0.1) is 0 Å². The van der Waals surface area contributed by atoms with E-state index in [1.54, 1.807) is 4.90 Å². The van der Waals surface area contributed by atoms with Crippen LogP contribution in [-0.4, -0.2) is 49.8 Å². The molecular weight excluding hydrogens is 254 g/mol. The zero-order valence-electron chi connectivity index (χ0n) is 10.0. The molecule has 1 aromatic carbocycles. The number of hydrogen-bond donors (Lipinski definition) is 1. The molecule has 0 aliphatic carbocycles. The SMILES string of the molecule is CS(=O)(=O)c1ccc(C(=O)N2CCC(O)C2)cc1. The van der Waals surface area contributed by atoms with Crippen LogP contribution in [0.4, 0.5) is 0 Å². The summed E-state index contributed by atoms with van der Waals surface area (Å²) in [6, 6.07) is 5.86. The van der Waals surface area contributed by atoms with E-state index < -0.39 is 15.9 Å². The van der Waals surface area contributed by atoms with E-state index in [4.69, 9.17) is 0 Å². The van der Waals surface area contributed by atoms with Gasteiger partial charge < -0.3 is 10.0 Å². The van der Waals surface area contributed by atoms with Crippen LogP contribution in [0.25, 0.3) is 0 Å². The Morgan fingerprint density at radius 1 is 1.33 bits per heavy atom. The summed E-state index contributed by atoms with van der Waals surface area (Å²) in [4.78, 5) is 13.8. The number of sulfone groups is 1. The number of likely N-dealkylation sites (tertiary alicyclic amines) is 1. The second-order valence-electron chi connectivity index (χ2n) is 4.49. The summed E-state index contributed by atoms with van der Waals surface area (Å²) in [5, 5.41) is 9.37. The zero-order chi connectivity index (χ0) is 13.3. The first kappa shape index (κ1) is 13.0. The van der Waals surface area contributed by atoms with Crippen molar-refractivity contribution in [2.75, 3.05) is 19.3 Å². The summed E-state index contributed by atoms with van der Waals surface area (Å²) in [7, 11) is -3.24. The molecule has 1 aromatic rings. The van der Waals surface area contributed by atoms with Gasteiger partial charge >= 0.3 is 0 Å². The fourth-order valence-corrected chi connectivity index (χ4v) is 2.58. The van der Waals surface area contributed by atoms with Gasteiger partial charge in [0.25, 0.3) is 5.91 Å². The van der Waals surface area contributed by atoms with E-state index in [1.165, 1.54) is 24.3 Å². The molecule has 1 saturated heterocycles. The highest BCUT2D eigenvalue weighted by atomic mass is 32.2. The Kier molecular flexibility index (Phi) is 3.41. The van der Waals surface area contributed by atoms with Gasteiger partial charge in [0.2, 0.25) is 0 Å². The number of carbonyl (C=O) groups is 1. The standard InChI is InChI=1S/C12H15NO4S/c1-18(16,17)11-4-2-9(3-5-11)12(15)13-7-6-10(14)8-13/h2-5,10,14H,6-8H2,1H3. The van der Waals surface area contributed by atoms with Crippen molar-refractivity contribution in [3.05, 3.63) is 29.8 Å². The highest BCUT2D eigenvalue weighted by Crippen LogP contribution is 2.15. The molecule has 1 atom stereocenters. The Morgan fingerprint density at radius 3 is 2.39 bits per heavy atom. The van der Waals surface area contributed by atoms with E-state index in [9.17, 15) is 18.3 Å². The van der Waals surface area contributed by atoms with Crippen LogP contribution in [0.5, 0.6) is 0 Å². The van der Waals surface area contributed by atoms with Gasteiger partial charge in [-0.3, -0.25) is 4.79 Å². The minimum Gasteiger partial charge on any atom is -0.391 e. The number of amides is 1. The average Bonchev–Trinajstić information content (AvgIpc) is 2.74. The van der Waals surface area contributed by atoms with E-state index >= 15 is 0 Å². The molecular formula is C12H15NO4S. The first-order chi connectivity index (χ1) is 8.38.